The number of aliphatic hydroxyl groups is 1. The molecule has 1 saturated heterocycles. The highest BCUT2D eigenvalue weighted by Gasteiger charge is 2.22. The number of piperidine rings is 1. The van der Waals surface area contributed by atoms with Gasteiger partial charge in [-0.2, -0.15) is 0 Å². The number of sulfonamides is 1. The maximum Gasteiger partial charge on any atom is 0.240 e. The summed E-state index contributed by atoms with van der Waals surface area (Å²) in [5.74, 6) is 0.669. The van der Waals surface area contributed by atoms with Crippen LogP contribution in [0.3, 0.4) is 0 Å². The van der Waals surface area contributed by atoms with E-state index >= 15 is 0 Å². The third kappa shape index (κ3) is 4.67. The summed E-state index contributed by atoms with van der Waals surface area (Å²) in [7, 11) is -1.97. The number of nitrogens with zero attached hydrogens (tertiary/aromatic N) is 1. The first-order valence-electron chi connectivity index (χ1n) is 7.97. The molecule has 1 atom stereocenters. The summed E-state index contributed by atoms with van der Waals surface area (Å²) in [5.41, 5.74) is 0.784. The van der Waals surface area contributed by atoms with E-state index in [0.29, 0.717) is 18.8 Å². The van der Waals surface area contributed by atoms with Crippen LogP contribution >= 0.6 is 0 Å². The van der Waals surface area contributed by atoms with E-state index in [4.69, 9.17) is 4.74 Å². The number of nitrogens with one attached hydrogen (secondary N) is 1. The van der Waals surface area contributed by atoms with Gasteiger partial charge in [-0.05, 0) is 50.1 Å². The molecule has 0 aliphatic carbocycles. The molecule has 23 heavy (non-hydrogen) atoms. The molecule has 1 aliphatic rings. The van der Waals surface area contributed by atoms with Gasteiger partial charge in [-0.15, -0.1) is 0 Å². The van der Waals surface area contributed by atoms with Gasteiger partial charge in [0, 0.05) is 19.1 Å². The average molecular weight is 342 g/mol. The SMILES string of the molecule is COc1ccc(S(=O)(=O)NCCN2CCCC[C@@H]2CO)cc1C. The number of methoxy groups -OCH3 is 1. The Hall–Kier alpha value is -1.15. The summed E-state index contributed by atoms with van der Waals surface area (Å²) in [6, 6.07) is 4.97. The molecule has 1 aromatic rings. The van der Waals surface area contributed by atoms with Gasteiger partial charge in [-0.1, -0.05) is 6.42 Å². The van der Waals surface area contributed by atoms with Crippen molar-refractivity contribution in [2.24, 2.45) is 0 Å². The lowest BCUT2D eigenvalue weighted by Crippen LogP contribution is -2.45. The first kappa shape index (κ1) is 18.2. The Morgan fingerprint density at radius 3 is 2.83 bits per heavy atom. The number of likely N-dealkylation sites (tertiary alicyclic amines) is 1. The van der Waals surface area contributed by atoms with E-state index in [-0.39, 0.29) is 17.5 Å². The number of rotatable bonds is 7. The fourth-order valence-electron chi connectivity index (χ4n) is 2.99. The van der Waals surface area contributed by atoms with E-state index < -0.39 is 10.0 Å². The molecule has 1 fully saturated rings. The van der Waals surface area contributed by atoms with Crippen LogP contribution in [0.1, 0.15) is 24.8 Å². The molecule has 0 aromatic heterocycles. The lowest BCUT2D eigenvalue weighted by Gasteiger charge is -2.34. The van der Waals surface area contributed by atoms with Crippen LogP contribution in [-0.2, 0) is 10.0 Å². The third-order valence-corrected chi connectivity index (χ3v) is 5.79. The van der Waals surface area contributed by atoms with E-state index in [1.165, 1.54) is 0 Å². The van der Waals surface area contributed by atoms with Crippen molar-refractivity contribution in [2.75, 3.05) is 33.4 Å². The smallest absolute Gasteiger partial charge is 0.240 e. The molecule has 0 amide bonds. The highest BCUT2D eigenvalue weighted by atomic mass is 32.2. The Morgan fingerprint density at radius 2 is 2.17 bits per heavy atom. The molecule has 0 bridgehead atoms. The van der Waals surface area contributed by atoms with Crippen molar-refractivity contribution >= 4 is 10.0 Å². The first-order valence-corrected chi connectivity index (χ1v) is 9.45. The van der Waals surface area contributed by atoms with Crippen LogP contribution in [0.15, 0.2) is 23.1 Å². The van der Waals surface area contributed by atoms with Crippen molar-refractivity contribution in [2.45, 2.75) is 37.1 Å². The molecular weight excluding hydrogens is 316 g/mol. The second-order valence-corrected chi connectivity index (χ2v) is 7.66. The molecule has 0 radical (unpaired) electrons. The summed E-state index contributed by atoms with van der Waals surface area (Å²) in [6.45, 7) is 3.81. The normalized spacial score (nSPS) is 19.7. The second-order valence-electron chi connectivity index (χ2n) is 5.90. The number of hydrogen-bond acceptors (Lipinski definition) is 5. The van der Waals surface area contributed by atoms with Crippen LogP contribution in [-0.4, -0.2) is 57.8 Å². The molecule has 0 spiro atoms. The summed E-state index contributed by atoms with van der Waals surface area (Å²) in [6.07, 6.45) is 3.19. The zero-order chi connectivity index (χ0) is 16.9. The number of hydrogen-bond donors (Lipinski definition) is 2. The predicted octanol–water partition coefficient (Wildman–Crippen LogP) is 1.13. The van der Waals surface area contributed by atoms with Crippen molar-refractivity contribution < 1.29 is 18.3 Å². The van der Waals surface area contributed by atoms with Crippen molar-refractivity contribution in [1.82, 2.24) is 9.62 Å². The monoisotopic (exact) mass is 342 g/mol. The highest BCUT2D eigenvalue weighted by Crippen LogP contribution is 2.21. The van der Waals surface area contributed by atoms with E-state index in [0.717, 1.165) is 31.4 Å². The molecule has 0 unspecified atom stereocenters. The Balaban J connectivity index is 1.94. The Labute approximate surface area is 138 Å². The van der Waals surface area contributed by atoms with E-state index in [2.05, 4.69) is 9.62 Å². The molecule has 1 heterocycles. The van der Waals surface area contributed by atoms with Crippen molar-refractivity contribution in [1.29, 1.82) is 0 Å². The number of aliphatic hydroxyl groups excluding tert-OH is 1. The van der Waals surface area contributed by atoms with Crippen LogP contribution < -0.4 is 9.46 Å². The molecule has 2 N–H and O–H groups in total. The minimum Gasteiger partial charge on any atom is -0.496 e. The van der Waals surface area contributed by atoms with E-state index in [9.17, 15) is 13.5 Å². The van der Waals surface area contributed by atoms with Gasteiger partial charge in [0.1, 0.15) is 5.75 Å². The van der Waals surface area contributed by atoms with Crippen molar-refractivity contribution in [3.63, 3.8) is 0 Å². The van der Waals surface area contributed by atoms with Crippen LogP contribution in [0.5, 0.6) is 5.75 Å². The average Bonchev–Trinajstić information content (AvgIpc) is 2.55. The summed E-state index contributed by atoms with van der Waals surface area (Å²) < 4.78 is 32.5. The number of ether oxygens (including phenoxy) is 1. The molecule has 7 heteroatoms. The minimum atomic E-state index is -3.53. The molecular formula is C16H26N2O4S. The number of benzene rings is 1. The Kier molecular flexibility index (Phi) is 6.41. The Bertz CT molecular complexity index is 619. The fraction of sp³-hybridized carbons (Fsp3) is 0.625. The molecule has 6 nitrogen and oxygen atoms in total. The maximum atomic E-state index is 12.4. The lowest BCUT2D eigenvalue weighted by molar-refractivity contribution is 0.0923. The van der Waals surface area contributed by atoms with Crippen molar-refractivity contribution in [3.8, 4) is 5.75 Å². The van der Waals surface area contributed by atoms with Crippen LogP contribution in [0.2, 0.25) is 0 Å². The van der Waals surface area contributed by atoms with E-state index in [1.54, 1.807) is 25.3 Å². The number of aryl methyl sites for hydroxylation is 1. The largest absolute Gasteiger partial charge is 0.496 e. The van der Waals surface area contributed by atoms with Gasteiger partial charge in [0.25, 0.3) is 0 Å². The van der Waals surface area contributed by atoms with Gasteiger partial charge in [-0.25, -0.2) is 13.1 Å². The minimum absolute atomic E-state index is 0.129. The fourth-order valence-corrected chi connectivity index (χ4v) is 4.09. The third-order valence-electron chi connectivity index (χ3n) is 4.33. The Morgan fingerprint density at radius 1 is 1.39 bits per heavy atom. The quantitative estimate of drug-likeness (QED) is 0.777. The van der Waals surface area contributed by atoms with Gasteiger partial charge in [0.05, 0.1) is 18.6 Å². The zero-order valence-corrected chi connectivity index (χ0v) is 14.6. The molecule has 130 valence electrons. The topological polar surface area (TPSA) is 78.9 Å². The molecule has 0 saturated carbocycles. The standard InChI is InChI=1S/C16H26N2O4S/c1-13-11-15(6-7-16(13)22-2)23(20,21)17-8-10-18-9-4-3-5-14(18)12-19/h6-7,11,14,17,19H,3-5,8-10,12H2,1-2H3/t14-/m1/s1. The second kappa shape index (κ2) is 8.10. The van der Waals surface area contributed by atoms with Gasteiger partial charge in [0.15, 0.2) is 0 Å². The first-order chi connectivity index (χ1) is 11.0. The molecule has 2 rings (SSSR count). The highest BCUT2D eigenvalue weighted by molar-refractivity contribution is 7.89. The van der Waals surface area contributed by atoms with Gasteiger partial charge in [-0.3, -0.25) is 4.90 Å². The van der Waals surface area contributed by atoms with Crippen molar-refractivity contribution in [3.05, 3.63) is 23.8 Å². The van der Waals surface area contributed by atoms with Crippen LogP contribution in [0.25, 0.3) is 0 Å². The zero-order valence-electron chi connectivity index (χ0n) is 13.8. The lowest BCUT2D eigenvalue weighted by atomic mass is 10.0. The molecule has 1 aromatic carbocycles. The van der Waals surface area contributed by atoms with Gasteiger partial charge >= 0.3 is 0 Å². The van der Waals surface area contributed by atoms with Gasteiger partial charge in [0.2, 0.25) is 10.0 Å². The molecule has 1 aliphatic heterocycles. The maximum absolute atomic E-state index is 12.4. The predicted molar refractivity (Wildman–Crippen MR) is 89.2 cm³/mol. The van der Waals surface area contributed by atoms with E-state index in [1.807, 2.05) is 6.92 Å². The van der Waals surface area contributed by atoms with Crippen LogP contribution in [0.4, 0.5) is 0 Å². The summed E-state index contributed by atoms with van der Waals surface area (Å²) >= 11 is 0. The summed E-state index contributed by atoms with van der Waals surface area (Å²) in [5, 5.41) is 9.39. The summed E-state index contributed by atoms with van der Waals surface area (Å²) in [4.78, 5) is 2.40. The van der Waals surface area contributed by atoms with Crippen LogP contribution in [0, 0.1) is 6.92 Å². The van der Waals surface area contributed by atoms with Gasteiger partial charge < -0.3 is 9.84 Å².